The maximum atomic E-state index is 12.5. The lowest BCUT2D eigenvalue weighted by atomic mass is 10.1. The summed E-state index contributed by atoms with van der Waals surface area (Å²) >= 11 is 0. The molecular formula is C15H23F3N2. The predicted molar refractivity (Wildman–Crippen MR) is 75.4 cm³/mol. The van der Waals surface area contributed by atoms with Crippen LogP contribution in [-0.4, -0.2) is 30.7 Å². The Morgan fingerprint density at radius 1 is 1.10 bits per heavy atom. The van der Waals surface area contributed by atoms with Crippen molar-refractivity contribution in [1.82, 2.24) is 10.2 Å². The van der Waals surface area contributed by atoms with Crippen LogP contribution < -0.4 is 5.32 Å². The summed E-state index contributed by atoms with van der Waals surface area (Å²) in [5, 5.41) is 3.29. The average molecular weight is 288 g/mol. The predicted octanol–water partition coefficient (Wildman–Crippen LogP) is 3.57. The van der Waals surface area contributed by atoms with E-state index in [2.05, 4.69) is 12.2 Å². The summed E-state index contributed by atoms with van der Waals surface area (Å²) in [6, 6.07) is 7.67. The first kappa shape index (κ1) is 17.0. The van der Waals surface area contributed by atoms with Crippen molar-refractivity contribution < 1.29 is 13.2 Å². The highest BCUT2D eigenvalue weighted by Gasteiger charge is 2.30. The molecular weight excluding hydrogens is 265 g/mol. The third kappa shape index (κ3) is 6.39. The van der Waals surface area contributed by atoms with Gasteiger partial charge < -0.3 is 5.32 Å². The van der Waals surface area contributed by atoms with E-state index < -0.39 is 12.7 Å². The van der Waals surface area contributed by atoms with Crippen molar-refractivity contribution in [2.24, 2.45) is 0 Å². The number of alkyl halides is 3. The van der Waals surface area contributed by atoms with E-state index in [1.807, 2.05) is 24.3 Å². The second-order valence-electron chi connectivity index (χ2n) is 4.86. The third-order valence-electron chi connectivity index (χ3n) is 3.10. The first-order valence-electron chi connectivity index (χ1n) is 7.02. The molecule has 1 aromatic carbocycles. The molecule has 0 saturated heterocycles. The Balaban J connectivity index is 2.69. The van der Waals surface area contributed by atoms with Gasteiger partial charge in [0.05, 0.1) is 6.54 Å². The fourth-order valence-corrected chi connectivity index (χ4v) is 2.06. The van der Waals surface area contributed by atoms with E-state index in [0.717, 1.165) is 24.1 Å². The summed E-state index contributed by atoms with van der Waals surface area (Å²) in [4.78, 5) is 1.42. The van der Waals surface area contributed by atoms with Gasteiger partial charge in [-0.25, -0.2) is 0 Å². The highest BCUT2D eigenvalue weighted by molar-refractivity contribution is 5.27. The van der Waals surface area contributed by atoms with Gasteiger partial charge >= 0.3 is 6.18 Å². The number of benzene rings is 1. The third-order valence-corrected chi connectivity index (χ3v) is 3.10. The van der Waals surface area contributed by atoms with Gasteiger partial charge in [-0.15, -0.1) is 0 Å². The monoisotopic (exact) mass is 288 g/mol. The van der Waals surface area contributed by atoms with Gasteiger partial charge in [-0.05, 0) is 30.6 Å². The lowest BCUT2D eigenvalue weighted by Crippen LogP contribution is -2.34. The van der Waals surface area contributed by atoms with E-state index in [0.29, 0.717) is 19.6 Å². The molecule has 0 aromatic heterocycles. The number of halogens is 3. The van der Waals surface area contributed by atoms with Gasteiger partial charge in [0.1, 0.15) is 0 Å². The van der Waals surface area contributed by atoms with Crippen LogP contribution in [0.25, 0.3) is 0 Å². The second kappa shape index (κ2) is 8.27. The Bertz CT molecular complexity index is 391. The highest BCUT2D eigenvalue weighted by atomic mass is 19.4. The van der Waals surface area contributed by atoms with E-state index >= 15 is 0 Å². The van der Waals surface area contributed by atoms with Gasteiger partial charge in [0.25, 0.3) is 0 Å². The highest BCUT2D eigenvalue weighted by Crippen LogP contribution is 2.19. The maximum absolute atomic E-state index is 12.5. The first-order valence-corrected chi connectivity index (χ1v) is 7.02. The molecule has 1 rings (SSSR count). The molecule has 2 nitrogen and oxygen atoms in total. The lowest BCUT2D eigenvalue weighted by molar-refractivity contribution is -0.146. The van der Waals surface area contributed by atoms with Gasteiger partial charge in [-0.3, -0.25) is 4.90 Å². The molecule has 0 heterocycles. The van der Waals surface area contributed by atoms with Gasteiger partial charge in [0, 0.05) is 13.1 Å². The molecule has 0 fully saturated rings. The molecule has 0 spiro atoms. The van der Waals surface area contributed by atoms with Crippen molar-refractivity contribution in [2.45, 2.75) is 39.5 Å². The van der Waals surface area contributed by atoms with E-state index in [9.17, 15) is 13.2 Å². The SMILES string of the molecule is CCCNCc1ccccc1CN(CC)CC(F)(F)F. The van der Waals surface area contributed by atoms with Crippen LogP contribution in [-0.2, 0) is 13.1 Å². The molecule has 0 unspecified atom stereocenters. The van der Waals surface area contributed by atoms with Crippen molar-refractivity contribution >= 4 is 0 Å². The molecule has 1 N–H and O–H groups in total. The smallest absolute Gasteiger partial charge is 0.313 e. The summed E-state index contributed by atoms with van der Waals surface area (Å²) in [5.74, 6) is 0. The van der Waals surface area contributed by atoms with E-state index in [-0.39, 0.29) is 0 Å². The van der Waals surface area contributed by atoms with Crippen LogP contribution in [0.2, 0.25) is 0 Å². The zero-order chi connectivity index (χ0) is 15.0. The summed E-state index contributed by atoms with van der Waals surface area (Å²) < 4.78 is 37.5. The van der Waals surface area contributed by atoms with Crippen molar-refractivity contribution in [3.63, 3.8) is 0 Å². The molecule has 114 valence electrons. The molecule has 1 aromatic rings. The number of hydrogen-bond acceptors (Lipinski definition) is 2. The van der Waals surface area contributed by atoms with E-state index in [1.165, 1.54) is 4.90 Å². The minimum absolute atomic E-state index is 0.333. The molecule has 0 saturated carbocycles. The summed E-state index contributed by atoms with van der Waals surface area (Å²) in [6.07, 6.45) is -3.11. The number of hydrogen-bond donors (Lipinski definition) is 1. The van der Waals surface area contributed by atoms with Crippen molar-refractivity contribution in [3.8, 4) is 0 Å². The molecule has 0 atom stereocenters. The van der Waals surface area contributed by atoms with Crippen molar-refractivity contribution in [2.75, 3.05) is 19.6 Å². The standard InChI is InChI=1S/C15H23F3N2/c1-3-9-19-10-13-7-5-6-8-14(13)11-20(4-2)12-15(16,17)18/h5-8,19H,3-4,9-12H2,1-2H3. The number of rotatable bonds is 8. The van der Waals surface area contributed by atoms with Gasteiger partial charge in [-0.1, -0.05) is 38.1 Å². The summed E-state index contributed by atoms with van der Waals surface area (Å²) in [5.41, 5.74) is 2.03. The Kier molecular flexibility index (Phi) is 7.02. The molecule has 0 amide bonds. The number of nitrogens with zero attached hydrogens (tertiary/aromatic N) is 1. The molecule has 0 bridgehead atoms. The average Bonchev–Trinajstić information content (AvgIpc) is 2.38. The molecule has 5 heteroatoms. The van der Waals surface area contributed by atoms with Crippen LogP contribution in [0.5, 0.6) is 0 Å². The fraction of sp³-hybridized carbons (Fsp3) is 0.600. The summed E-state index contributed by atoms with van der Waals surface area (Å²) in [7, 11) is 0. The van der Waals surface area contributed by atoms with Crippen molar-refractivity contribution in [1.29, 1.82) is 0 Å². The minimum Gasteiger partial charge on any atom is -0.313 e. The van der Waals surface area contributed by atoms with Gasteiger partial charge in [-0.2, -0.15) is 13.2 Å². The van der Waals surface area contributed by atoms with Crippen LogP contribution in [0.15, 0.2) is 24.3 Å². The Hall–Kier alpha value is -1.07. The molecule has 0 aliphatic rings. The van der Waals surface area contributed by atoms with E-state index in [4.69, 9.17) is 0 Å². The molecule has 20 heavy (non-hydrogen) atoms. The van der Waals surface area contributed by atoms with Crippen LogP contribution >= 0.6 is 0 Å². The van der Waals surface area contributed by atoms with Crippen LogP contribution in [0.1, 0.15) is 31.4 Å². The quantitative estimate of drug-likeness (QED) is 0.736. The van der Waals surface area contributed by atoms with Crippen LogP contribution in [0.3, 0.4) is 0 Å². The molecule has 0 aliphatic carbocycles. The Labute approximate surface area is 119 Å². The second-order valence-corrected chi connectivity index (χ2v) is 4.86. The normalized spacial score (nSPS) is 12.1. The van der Waals surface area contributed by atoms with Crippen LogP contribution in [0, 0.1) is 0 Å². The Morgan fingerprint density at radius 2 is 1.75 bits per heavy atom. The minimum atomic E-state index is -4.15. The maximum Gasteiger partial charge on any atom is 0.401 e. The van der Waals surface area contributed by atoms with Gasteiger partial charge in [0.2, 0.25) is 0 Å². The largest absolute Gasteiger partial charge is 0.401 e. The summed E-state index contributed by atoms with van der Waals surface area (Å²) in [6.45, 7) is 5.31. The molecule has 0 radical (unpaired) electrons. The fourth-order valence-electron chi connectivity index (χ4n) is 2.06. The zero-order valence-electron chi connectivity index (χ0n) is 12.1. The number of nitrogens with one attached hydrogen (secondary N) is 1. The topological polar surface area (TPSA) is 15.3 Å². The van der Waals surface area contributed by atoms with Crippen molar-refractivity contribution in [3.05, 3.63) is 35.4 Å². The first-order chi connectivity index (χ1) is 9.46. The zero-order valence-corrected chi connectivity index (χ0v) is 12.1. The molecule has 0 aliphatic heterocycles. The Morgan fingerprint density at radius 3 is 2.30 bits per heavy atom. The van der Waals surface area contributed by atoms with Gasteiger partial charge in [0.15, 0.2) is 0 Å². The lowest BCUT2D eigenvalue weighted by Gasteiger charge is -2.23. The van der Waals surface area contributed by atoms with Crippen LogP contribution in [0.4, 0.5) is 13.2 Å². The van der Waals surface area contributed by atoms with E-state index in [1.54, 1.807) is 6.92 Å².